The molecule has 3 nitrogen and oxygen atoms in total. The van der Waals surface area contributed by atoms with Crippen molar-refractivity contribution in [1.29, 1.82) is 0 Å². The first-order valence-corrected chi connectivity index (χ1v) is 8.90. The van der Waals surface area contributed by atoms with Gasteiger partial charge in [-0.3, -0.25) is 9.78 Å². The van der Waals surface area contributed by atoms with Crippen molar-refractivity contribution in [2.75, 3.05) is 13.1 Å². The average molecular weight is 370 g/mol. The van der Waals surface area contributed by atoms with E-state index in [4.69, 9.17) is 0 Å². The van der Waals surface area contributed by atoms with Crippen molar-refractivity contribution in [3.8, 4) is 11.8 Å². The summed E-state index contributed by atoms with van der Waals surface area (Å²) in [4.78, 5) is 16.3. The van der Waals surface area contributed by atoms with E-state index in [1.165, 1.54) is 0 Å². The van der Waals surface area contributed by atoms with Gasteiger partial charge in [0, 0.05) is 42.8 Å². The normalized spacial score (nSPS) is 16.9. The van der Waals surface area contributed by atoms with E-state index >= 15 is 0 Å². The van der Waals surface area contributed by atoms with Gasteiger partial charge < -0.3 is 5.32 Å². The standard InChI is InChI=1S/C22H24F2N2O/c1-3-5-20(21(27)16-26-15-19-13-22(23,24)14-19)12-17(2)6-4-7-18-8-10-25-11-9-18/h3,5,8-12,19,26H,1,6,13-16H2,2H3/b17-12-,20-5+. The molecule has 27 heavy (non-hydrogen) atoms. The van der Waals surface area contributed by atoms with Gasteiger partial charge in [-0.25, -0.2) is 8.78 Å². The number of rotatable bonds is 8. The average Bonchev–Trinajstić information content (AvgIpc) is 2.60. The van der Waals surface area contributed by atoms with Crippen LogP contribution in [0.5, 0.6) is 0 Å². The molecule has 0 atom stereocenters. The van der Waals surface area contributed by atoms with Crippen LogP contribution in [0.2, 0.25) is 0 Å². The third-order valence-electron chi connectivity index (χ3n) is 4.19. The van der Waals surface area contributed by atoms with Gasteiger partial charge in [0.25, 0.3) is 0 Å². The van der Waals surface area contributed by atoms with E-state index in [2.05, 4.69) is 28.7 Å². The summed E-state index contributed by atoms with van der Waals surface area (Å²) in [5.74, 6) is 3.44. The van der Waals surface area contributed by atoms with Gasteiger partial charge in [-0.1, -0.05) is 42.2 Å². The minimum Gasteiger partial charge on any atom is -0.309 e. The first-order valence-electron chi connectivity index (χ1n) is 8.90. The predicted molar refractivity (Wildman–Crippen MR) is 103 cm³/mol. The maximum Gasteiger partial charge on any atom is 0.248 e. The van der Waals surface area contributed by atoms with E-state index in [9.17, 15) is 13.6 Å². The van der Waals surface area contributed by atoms with E-state index < -0.39 is 5.92 Å². The first-order chi connectivity index (χ1) is 12.9. The summed E-state index contributed by atoms with van der Waals surface area (Å²) in [7, 11) is 0. The maximum atomic E-state index is 12.8. The molecule has 0 radical (unpaired) electrons. The second kappa shape index (κ2) is 9.94. The summed E-state index contributed by atoms with van der Waals surface area (Å²) in [6.45, 7) is 6.11. The molecule has 0 unspecified atom stereocenters. The number of carbonyl (C=O) groups is 1. The summed E-state index contributed by atoms with van der Waals surface area (Å²) in [5, 5.41) is 2.98. The van der Waals surface area contributed by atoms with E-state index in [1.807, 2.05) is 19.1 Å². The maximum absolute atomic E-state index is 12.8. The third kappa shape index (κ3) is 7.28. The Morgan fingerprint density at radius 1 is 1.41 bits per heavy atom. The van der Waals surface area contributed by atoms with Crippen LogP contribution in [-0.4, -0.2) is 29.8 Å². The zero-order valence-electron chi connectivity index (χ0n) is 15.5. The molecule has 142 valence electrons. The van der Waals surface area contributed by atoms with E-state index in [0.717, 1.165) is 11.1 Å². The lowest BCUT2D eigenvalue weighted by Gasteiger charge is -2.34. The highest BCUT2D eigenvalue weighted by Crippen LogP contribution is 2.41. The van der Waals surface area contributed by atoms with Gasteiger partial charge in [0.15, 0.2) is 5.78 Å². The summed E-state index contributed by atoms with van der Waals surface area (Å²) in [6.07, 6.45) is 8.73. The molecular weight excluding hydrogens is 346 g/mol. The molecule has 5 heteroatoms. The molecule has 0 aliphatic heterocycles. The van der Waals surface area contributed by atoms with Gasteiger partial charge in [-0.05, 0) is 31.5 Å². The quantitative estimate of drug-likeness (QED) is 0.426. The molecule has 1 aromatic rings. The summed E-state index contributed by atoms with van der Waals surface area (Å²) < 4.78 is 25.6. The summed E-state index contributed by atoms with van der Waals surface area (Å²) in [6, 6.07) is 3.67. The number of aromatic nitrogens is 1. The predicted octanol–water partition coefficient (Wildman–Crippen LogP) is 4.09. The fourth-order valence-electron chi connectivity index (χ4n) is 2.81. The molecule has 0 saturated heterocycles. The van der Waals surface area contributed by atoms with Crippen molar-refractivity contribution in [1.82, 2.24) is 10.3 Å². The second-order valence-electron chi connectivity index (χ2n) is 6.75. The van der Waals surface area contributed by atoms with Crippen LogP contribution in [0.3, 0.4) is 0 Å². The number of Topliss-reactive ketones (excluding diaryl/α,β-unsaturated/α-hetero) is 1. The smallest absolute Gasteiger partial charge is 0.248 e. The number of nitrogens with one attached hydrogen (secondary N) is 1. The Morgan fingerprint density at radius 2 is 2.11 bits per heavy atom. The molecule has 0 amide bonds. The fourth-order valence-corrected chi connectivity index (χ4v) is 2.81. The molecule has 1 aromatic heterocycles. The van der Waals surface area contributed by atoms with Crippen molar-refractivity contribution in [2.45, 2.75) is 32.1 Å². The van der Waals surface area contributed by atoms with E-state index in [0.29, 0.717) is 18.5 Å². The van der Waals surface area contributed by atoms with Crippen molar-refractivity contribution < 1.29 is 13.6 Å². The summed E-state index contributed by atoms with van der Waals surface area (Å²) >= 11 is 0. The van der Waals surface area contributed by atoms with Crippen LogP contribution in [-0.2, 0) is 4.79 Å². The number of hydrogen-bond donors (Lipinski definition) is 1. The zero-order chi connectivity index (χ0) is 19.7. The Kier molecular flexibility index (Phi) is 7.63. The molecule has 2 rings (SSSR count). The highest BCUT2D eigenvalue weighted by Gasteiger charge is 2.44. The molecule has 1 saturated carbocycles. The minimum atomic E-state index is -2.53. The summed E-state index contributed by atoms with van der Waals surface area (Å²) in [5.41, 5.74) is 2.37. The van der Waals surface area contributed by atoms with Gasteiger partial charge in [0.05, 0.1) is 6.54 Å². The largest absolute Gasteiger partial charge is 0.309 e. The van der Waals surface area contributed by atoms with E-state index in [1.54, 1.807) is 30.6 Å². The Hall–Kier alpha value is -2.58. The highest BCUT2D eigenvalue weighted by molar-refractivity contribution is 5.99. The lowest BCUT2D eigenvalue weighted by Crippen LogP contribution is -2.42. The minimum absolute atomic E-state index is 0.0552. The van der Waals surface area contributed by atoms with Crippen LogP contribution in [0.4, 0.5) is 8.78 Å². The number of halogens is 2. The number of carbonyl (C=O) groups excluding carboxylic acids is 1. The lowest BCUT2D eigenvalue weighted by molar-refractivity contribution is -0.115. The number of pyridine rings is 1. The number of ketones is 1. The van der Waals surface area contributed by atoms with E-state index in [-0.39, 0.29) is 31.1 Å². The SMILES string of the molecule is C=C/C=C(\C=C(\C)CC#Cc1ccncc1)C(=O)CNCC1CC(F)(F)C1. The lowest BCUT2D eigenvalue weighted by atomic mass is 9.81. The molecule has 1 fully saturated rings. The van der Waals surface area contributed by atoms with Gasteiger partial charge in [0.2, 0.25) is 5.92 Å². The Balaban J connectivity index is 1.85. The van der Waals surface area contributed by atoms with Crippen LogP contribution in [0.15, 0.2) is 60.5 Å². The highest BCUT2D eigenvalue weighted by atomic mass is 19.3. The number of nitrogens with zero attached hydrogens (tertiary/aromatic N) is 1. The molecular formula is C22H24F2N2O. The molecule has 1 N–H and O–H groups in total. The van der Waals surface area contributed by atoms with Crippen LogP contribution in [0.1, 0.15) is 31.7 Å². The van der Waals surface area contributed by atoms with Crippen LogP contribution >= 0.6 is 0 Å². The molecule has 0 spiro atoms. The first kappa shape index (κ1) is 20.7. The Morgan fingerprint density at radius 3 is 2.74 bits per heavy atom. The second-order valence-corrected chi connectivity index (χ2v) is 6.75. The molecule has 0 aromatic carbocycles. The van der Waals surface area contributed by atoms with Gasteiger partial charge in [-0.2, -0.15) is 0 Å². The Labute approximate surface area is 159 Å². The zero-order valence-corrected chi connectivity index (χ0v) is 15.5. The van der Waals surface area contributed by atoms with Crippen LogP contribution in [0, 0.1) is 17.8 Å². The number of alkyl halides is 2. The van der Waals surface area contributed by atoms with Crippen LogP contribution in [0.25, 0.3) is 0 Å². The number of allylic oxidation sites excluding steroid dienone is 4. The van der Waals surface area contributed by atoms with Crippen molar-refractivity contribution in [3.63, 3.8) is 0 Å². The van der Waals surface area contributed by atoms with Gasteiger partial charge in [0.1, 0.15) is 0 Å². The molecule has 1 aliphatic carbocycles. The van der Waals surface area contributed by atoms with Crippen LogP contribution < -0.4 is 5.32 Å². The molecule has 1 heterocycles. The third-order valence-corrected chi connectivity index (χ3v) is 4.19. The Bertz CT molecular complexity index is 778. The molecule has 0 bridgehead atoms. The molecule has 1 aliphatic rings. The number of hydrogen-bond acceptors (Lipinski definition) is 3. The monoisotopic (exact) mass is 370 g/mol. The topological polar surface area (TPSA) is 42.0 Å². The van der Waals surface area contributed by atoms with Crippen molar-refractivity contribution >= 4 is 5.78 Å². The van der Waals surface area contributed by atoms with Crippen molar-refractivity contribution in [3.05, 3.63) is 66.0 Å². The van der Waals surface area contributed by atoms with Gasteiger partial charge in [-0.15, -0.1) is 0 Å². The fraction of sp³-hybridized carbons (Fsp3) is 0.364. The van der Waals surface area contributed by atoms with Gasteiger partial charge >= 0.3 is 0 Å². The van der Waals surface area contributed by atoms with Crippen molar-refractivity contribution in [2.24, 2.45) is 5.92 Å².